The Morgan fingerprint density at radius 2 is 1.71 bits per heavy atom. The van der Waals surface area contributed by atoms with Crippen molar-refractivity contribution in [2.24, 2.45) is 0 Å². The van der Waals surface area contributed by atoms with E-state index in [0.717, 1.165) is 55.1 Å². The number of aryl methyl sites for hydroxylation is 1. The molecule has 1 heterocycles. The fourth-order valence-electron chi connectivity index (χ4n) is 3.60. The normalized spacial score (nSPS) is 15.8. The molecule has 1 fully saturated rings. The molecule has 0 aromatic heterocycles. The maximum atomic E-state index is 12.0. The van der Waals surface area contributed by atoms with Gasteiger partial charge in [0.15, 0.2) is 9.84 Å². The Morgan fingerprint density at radius 3 is 2.29 bits per heavy atom. The van der Waals surface area contributed by atoms with Crippen molar-refractivity contribution in [3.05, 3.63) is 59.7 Å². The van der Waals surface area contributed by atoms with Gasteiger partial charge >= 0.3 is 0 Å². The van der Waals surface area contributed by atoms with Crippen molar-refractivity contribution < 1.29 is 8.42 Å². The number of sulfone groups is 1. The first-order chi connectivity index (χ1) is 13.3. The Bertz CT molecular complexity index is 958. The first-order valence-corrected chi connectivity index (χ1v) is 11.6. The number of piperazine rings is 1. The molecule has 0 amide bonds. The maximum absolute atomic E-state index is 12.0. The second-order valence-corrected chi connectivity index (χ2v) is 9.33. The predicted molar refractivity (Wildman–Crippen MR) is 117 cm³/mol. The smallest absolute Gasteiger partial charge is 0.175 e. The molecule has 2 aromatic carbocycles. The summed E-state index contributed by atoms with van der Waals surface area (Å²) in [4.78, 5) is 5.10. The average molecular weight is 400 g/mol. The number of benzene rings is 2. The van der Waals surface area contributed by atoms with Crippen LogP contribution in [0.25, 0.3) is 5.70 Å². The quantitative estimate of drug-likeness (QED) is 0.779. The van der Waals surface area contributed by atoms with Crippen molar-refractivity contribution >= 4 is 26.9 Å². The van der Waals surface area contributed by atoms with Gasteiger partial charge in [0.2, 0.25) is 0 Å². The lowest BCUT2D eigenvalue weighted by atomic mass is 10.0. The third-order valence-corrected chi connectivity index (χ3v) is 6.30. The molecule has 1 saturated heterocycles. The van der Waals surface area contributed by atoms with Crippen LogP contribution >= 0.6 is 0 Å². The van der Waals surface area contributed by atoms with Crippen molar-refractivity contribution in [2.45, 2.75) is 25.2 Å². The van der Waals surface area contributed by atoms with Gasteiger partial charge in [0.1, 0.15) is 0 Å². The minimum Gasteiger partial charge on any atom is -0.399 e. The van der Waals surface area contributed by atoms with Crippen molar-refractivity contribution in [1.29, 1.82) is 0 Å². The van der Waals surface area contributed by atoms with Gasteiger partial charge < -0.3 is 15.5 Å². The standard InChI is InChI=1S/C22H29N3O2S/c1-4-5-22(21-16-20(28(3,26)27)11-6-17(21)2)25-14-12-24(13-15-25)19-9-7-18(23)8-10-19/h5-11,16H,4,12-15,23H2,1-3H3/b22-5-. The summed E-state index contributed by atoms with van der Waals surface area (Å²) in [6, 6.07) is 13.4. The number of anilines is 2. The lowest BCUT2D eigenvalue weighted by Crippen LogP contribution is -2.45. The number of rotatable bonds is 5. The molecule has 0 saturated carbocycles. The molecule has 150 valence electrons. The van der Waals surface area contributed by atoms with E-state index < -0.39 is 9.84 Å². The van der Waals surface area contributed by atoms with E-state index >= 15 is 0 Å². The summed E-state index contributed by atoms with van der Waals surface area (Å²) in [7, 11) is -3.23. The highest BCUT2D eigenvalue weighted by Crippen LogP contribution is 2.28. The van der Waals surface area contributed by atoms with Crippen LogP contribution in [0.5, 0.6) is 0 Å². The van der Waals surface area contributed by atoms with Crippen molar-refractivity contribution in [2.75, 3.05) is 43.1 Å². The molecule has 0 atom stereocenters. The Kier molecular flexibility index (Phi) is 5.98. The second-order valence-electron chi connectivity index (χ2n) is 7.31. The highest BCUT2D eigenvalue weighted by molar-refractivity contribution is 7.90. The molecular weight excluding hydrogens is 370 g/mol. The number of nitrogens with two attached hydrogens (primary N) is 1. The fourth-order valence-corrected chi connectivity index (χ4v) is 4.25. The van der Waals surface area contributed by atoms with Crippen molar-refractivity contribution in [1.82, 2.24) is 4.90 Å². The van der Waals surface area contributed by atoms with Crippen LogP contribution in [-0.4, -0.2) is 45.8 Å². The molecule has 28 heavy (non-hydrogen) atoms. The summed E-state index contributed by atoms with van der Waals surface area (Å²) in [5.41, 5.74) is 11.0. The van der Waals surface area contributed by atoms with Gasteiger partial charge in [-0.25, -0.2) is 8.42 Å². The molecule has 0 radical (unpaired) electrons. The minimum absolute atomic E-state index is 0.371. The van der Waals surface area contributed by atoms with E-state index in [4.69, 9.17) is 5.73 Å². The molecule has 2 N–H and O–H groups in total. The zero-order valence-corrected chi connectivity index (χ0v) is 17.7. The van der Waals surface area contributed by atoms with E-state index in [2.05, 4.69) is 34.9 Å². The monoisotopic (exact) mass is 399 g/mol. The Hall–Kier alpha value is -2.47. The second kappa shape index (κ2) is 8.27. The number of nitrogens with zero attached hydrogens (tertiary/aromatic N) is 2. The summed E-state index contributed by atoms with van der Waals surface area (Å²) < 4.78 is 24.1. The van der Waals surface area contributed by atoms with Crippen molar-refractivity contribution in [3.8, 4) is 0 Å². The summed E-state index contributed by atoms with van der Waals surface area (Å²) in [6.45, 7) is 7.75. The summed E-state index contributed by atoms with van der Waals surface area (Å²) in [5, 5.41) is 0. The molecule has 0 aliphatic carbocycles. The van der Waals surface area contributed by atoms with Crippen LogP contribution in [0.15, 0.2) is 53.4 Å². The molecule has 0 unspecified atom stereocenters. The van der Waals surface area contributed by atoms with Gasteiger partial charge in [0.25, 0.3) is 0 Å². The van der Waals surface area contributed by atoms with Crippen LogP contribution in [0.2, 0.25) is 0 Å². The topological polar surface area (TPSA) is 66.6 Å². The van der Waals surface area contributed by atoms with Crippen LogP contribution in [0.3, 0.4) is 0 Å². The highest BCUT2D eigenvalue weighted by atomic mass is 32.2. The molecule has 2 aromatic rings. The Morgan fingerprint density at radius 1 is 1.07 bits per heavy atom. The molecule has 6 heteroatoms. The Labute approximate surface area is 168 Å². The molecule has 1 aliphatic heterocycles. The van der Waals surface area contributed by atoms with Gasteiger partial charge in [0, 0.05) is 55.1 Å². The molecular formula is C22H29N3O2S. The molecule has 3 rings (SSSR count). The van der Waals surface area contributed by atoms with Gasteiger partial charge in [-0.3, -0.25) is 0 Å². The van der Waals surface area contributed by atoms with Crippen LogP contribution in [0.1, 0.15) is 24.5 Å². The summed E-state index contributed by atoms with van der Waals surface area (Å²) in [6.07, 6.45) is 4.36. The van der Waals surface area contributed by atoms with Gasteiger partial charge in [-0.2, -0.15) is 0 Å². The minimum atomic E-state index is -3.23. The number of hydrogen-bond acceptors (Lipinski definition) is 5. The lowest BCUT2D eigenvalue weighted by Gasteiger charge is -2.39. The number of allylic oxidation sites excluding steroid dienone is 1. The van der Waals surface area contributed by atoms with E-state index in [1.165, 1.54) is 11.9 Å². The summed E-state index contributed by atoms with van der Waals surface area (Å²) in [5.74, 6) is 0. The number of nitrogen functional groups attached to an aromatic ring is 1. The van der Waals surface area contributed by atoms with E-state index in [1.807, 2.05) is 31.2 Å². The molecule has 1 aliphatic rings. The maximum Gasteiger partial charge on any atom is 0.175 e. The van der Waals surface area contributed by atoms with Gasteiger partial charge in [0.05, 0.1) is 4.90 Å². The van der Waals surface area contributed by atoms with E-state index in [-0.39, 0.29) is 0 Å². The number of hydrogen-bond donors (Lipinski definition) is 1. The van der Waals surface area contributed by atoms with E-state index in [0.29, 0.717) is 4.90 Å². The molecule has 0 spiro atoms. The fraction of sp³-hybridized carbons (Fsp3) is 0.364. The van der Waals surface area contributed by atoms with Crippen LogP contribution in [-0.2, 0) is 9.84 Å². The third-order valence-electron chi connectivity index (χ3n) is 5.19. The van der Waals surface area contributed by atoms with E-state index in [1.54, 1.807) is 6.07 Å². The first-order valence-electron chi connectivity index (χ1n) is 9.66. The lowest BCUT2D eigenvalue weighted by molar-refractivity contribution is 0.366. The van der Waals surface area contributed by atoms with Gasteiger partial charge in [-0.05, 0) is 55.3 Å². The van der Waals surface area contributed by atoms with Crippen LogP contribution in [0, 0.1) is 6.92 Å². The SMILES string of the molecule is CC/C=C(/c1cc(S(C)(=O)=O)ccc1C)N1CCN(c2ccc(N)cc2)CC1. The van der Waals surface area contributed by atoms with Crippen LogP contribution < -0.4 is 10.6 Å². The average Bonchev–Trinajstić information content (AvgIpc) is 2.67. The zero-order valence-electron chi connectivity index (χ0n) is 16.9. The molecule has 5 nitrogen and oxygen atoms in total. The molecule has 0 bridgehead atoms. The highest BCUT2D eigenvalue weighted by Gasteiger charge is 2.21. The van der Waals surface area contributed by atoms with Crippen molar-refractivity contribution in [3.63, 3.8) is 0 Å². The summed E-state index contributed by atoms with van der Waals surface area (Å²) >= 11 is 0. The largest absolute Gasteiger partial charge is 0.399 e. The van der Waals surface area contributed by atoms with Gasteiger partial charge in [-0.15, -0.1) is 0 Å². The van der Waals surface area contributed by atoms with Crippen LogP contribution in [0.4, 0.5) is 11.4 Å². The van der Waals surface area contributed by atoms with E-state index in [9.17, 15) is 8.42 Å². The first kappa shape index (κ1) is 20.3. The predicted octanol–water partition coefficient (Wildman–Crippen LogP) is 3.55. The van der Waals surface area contributed by atoms with Gasteiger partial charge in [-0.1, -0.05) is 19.1 Å². The third kappa shape index (κ3) is 4.50. The zero-order chi connectivity index (χ0) is 20.3. The Balaban J connectivity index is 1.83.